The number of aromatic hydroxyl groups is 1. The molecular weight excluding hydrogens is 364 g/mol. The molecule has 0 saturated carbocycles. The smallest absolute Gasteiger partial charge is 0.121 e. The molecule has 30 heavy (non-hydrogen) atoms. The molecule has 0 radical (unpaired) electrons. The molecule has 1 rings (SSSR count). The summed E-state index contributed by atoms with van der Waals surface area (Å²) in [5, 5.41) is 10.1. The van der Waals surface area contributed by atoms with E-state index in [0.29, 0.717) is 5.75 Å². The molecule has 0 spiro atoms. The molecule has 1 heteroatoms. The second-order valence-electron chi connectivity index (χ2n) is 9.55. The van der Waals surface area contributed by atoms with Gasteiger partial charge in [0, 0.05) is 0 Å². The molecule has 0 aliphatic rings. The van der Waals surface area contributed by atoms with E-state index < -0.39 is 0 Å². The molecule has 0 amide bonds. The van der Waals surface area contributed by atoms with Crippen LogP contribution in [0.5, 0.6) is 5.75 Å². The molecule has 0 fully saturated rings. The van der Waals surface area contributed by atoms with Crippen LogP contribution < -0.4 is 0 Å². The summed E-state index contributed by atoms with van der Waals surface area (Å²) in [6.45, 7) is 4.28. The van der Waals surface area contributed by atoms with Gasteiger partial charge in [-0.25, -0.2) is 0 Å². The van der Waals surface area contributed by atoms with E-state index in [1.165, 1.54) is 128 Å². The third-order valence-electron chi connectivity index (χ3n) is 6.62. The molecule has 0 unspecified atom stereocenters. The van der Waals surface area contributed by atoms with Crippen molar-refractivity contribution in [3.63, 3.8) is 0 Å². The number of rotatable bonds is 21. The van der Waals surface area contributed by atoms with Gasteiger partial charge >= 0.3 is 0 Å². The first kappa shape index (κ1) is 27.1. The van der Waals surface area contributed by atoms with Crippen LogP contribution in [0.4, 0.5) is 0 Å². The summed E-state index contributed by atoms with van der Waals surface area (Å²) in [6, 6.07) is 6.11. The maximum atomic E-state index is 10.1. The first-order valence-corrected chi connectivity index (χ1v) is 13.5. The Bertz CT molecular complexity index is 493. The van der Waals surface area contributed by atoms with Gasteiger partial charge in [-0.15, -0.1) is 0 Å². The number of hydrogen-bond acceptors (Lipinski definition) is 1. The van der Waals surface area contributed by atoms with Gasteiger partial charge in [0.15, 0.2) is 0 Å². The molecule has 0 aliphatic heterocycles. The summed E-state index contributed by atoms with van der Waals surface area (Å²) in [6.07, 6.45) is 29.4. The quantitative estimate of drug-likeness (QED) is 0.198. The van der Waals surface area contributed by atoms with E-state index in [2.05, 4.69) is 19.1 Å². The topological polar surface area (TPSA) is 20.2 Å². The zero-order valence-electron chi connectivity index (χ0n) is 20.5. The zero-order chi connectivity index (χ0) is 21.7. The third-order valence-corrected chi connectivity index (χ3v) is 6.62. The van der Waals surface area contributed by atoms with Gasteiger partial charge in [-0.2, -0.15) is 0 Å². The Hall–Kier alpha value is -0.980. The predicted octanol–water partition coefficient (Wildman–Crippen LogP) is 10.1. The molecule has 1 N–H and O–H groups in total. The molecular formula is C29H52O. The molecule has 0 atom stereocenters. The van der Waals surface area contributed by atoms with Crippen molar-refractivity contribution >= 4 is 0 Å². The molecule has 1 aromatic rings. The maximum Gasteiger partial charge on any atom is 0.121 e. The van der Waals surface area contributed by atoms with E-state index in [4.69, 9.17) is 0 Å². The van der Waals surface area contributed by atoms with Crippen molar-refractivity contribution in [3.8, 4) is 5.75 Å². The minimum absolute atomic E-state index is 0.510. The number of benzene rings is 1. The van der Waals surface area contributed by atoms with Crippen molar-refractivity contribution in [1.82, 2.24) is 0 Å². The van der Waals surface area contributed by atoms with Crippen LogP contribution in [0.25, 0.3) is 0 Å². The standard InChI is InChI=1S/C29H52O/c1-3-4-5-6-7-8-9-10-11-12-13-14-15-16-17-18-19-20-21-22-25-28-26-23-24-27(2)29(28)30/h23-24,26,30H,3-22,25H2,1-2H3. The summed E-state index contributed by atoms with van der Waals surface area (Å²) in [5.74, 6) is 0.510. The predicted molar refractivity (Wildman–Crippen MR) is 135 cm³/mol. The summed E-state index contributed by atoms with van der Waals surface area (Å²) in [7, 11) is 0. The Kier molecular flexibility index (Phi) is 18.0. The van der Waals surface area contributed by atoms with Crippen molar-refractivity contribution in [2.24, 2.45) is 0 Å². The van der Waals surface area contributed by atoms with E-state index in [0.717, 1.165) is 17.5 Å². The van der Waals surface area contributed by atoms with Gasteiger partial charge in [0.1, 0.15) is 5.75 Å². The highest BCUT2D eigenvalue weighted by atomic mass is 16.3. The highest BCUT2D eigenvalue weighted by Gasteiger charge is 2.03. The molecule has 1 aromatic carbocycles. The lowest BCUT2D eigenvalue weighted by Gasteiger charge is -2.07. The highest BCUT2D eigenvalue weighted by molar-refractivity contribution is 5.39. The molecule has 0 bridgehead atoms. The number of unbranched alkanes of at least 4 members (excludes halogenated alkanes) is 19. The Morgan fingerprint density at radius 2 is 0.900 bits per heavy atom. The normalized spacial score (nSPS) is 11.3. The summed E-state index contributed by atoms with van der Waals surface area (Å²) in [5.41, 5.74) is 2.12. The van der Waals surface area contributed by atoms with E-state index >= 15 is 0 Å². The van der Waals surface area contributed by atoms with Crippen LogP contribution in [-0.2, 0) is 6.42 Å². The Morgan fingerprint density at radius 1 is 0.533 bits per heavy atom. The number of para-hydroxylation sites is 1. The fraction of sp³-hybridized carbons (Fsp3) is 0.793. The Labute approximate surface area is 189 Å². The van der Waals surface area contributed by atoms with Crippen LogP contribution in [0.1, 0.15) is 146 Å². The molecule has 0 heterocycles. The van der Waals surface area contributed by atoms with Crippen molar-refractivity contribution in [1.29, 1.82) is 0 Å². The number of hydrogen-bond donors (Lipinski definition) is 1. The van der Waals surface area contributed by atoms with E-state index in [-0.39, 0.29) is 0 Å². The molecule has 174 valence electrons. The Balaban J connectivity index is 1.74. The molecule has 0 aromatic heterocycles. The first-order valence-electron chi connectivity index (χ1n) is 13.5. The minimum atomic E-state index is 0.510. The van der Waals surface area contributed by atoms with Gasteiger partial charge in [-0.05, 0) is 30.9 Å². The summed E-state index contributed by atoms with van der Waals surface area (Å²) in [4.78, 5) is 0. The average Bonchev–Trinajstić information content (AvgIpc) is 2.75. The van der Waals surface area contributed by atoms with E-state index in [9.17, 15) is 5.11 Å². The highest BCUT2D eigenvalue weighted by Crippen LogP contribution is 2.23. The lowest BCUT2D eigenvalue weighted by Crippen LogP contribution is -1.89. The lowest BCUT2D eigenvalue weighted by atomic mass is 10.0. The number of phenols is 1. The van der Waals surface area contributed by atoms with Crippen molar-refractivity contribution < 1.29 is 5.11 Å². The Morgan fingerprint density at radius 3 is 1.30 bits per heavy atom. The van der Waals surface area contributed by atoms with E-state index in [1.54, 1.807) is 0 Å². The van der Waals surface area contributed by atoms with Gasteiger partial charge in [0.05, 0.1) is 0 Å². The van der Waals surface area contributed by atoms with Gasteiger partial charge in [-0.3, -0.25) is 0 Å². The van der Waals surface area contributed by atoms with Crippen LogP contribution in [0.15, 0.2) is 18.2 Å². The van der Waals surface area contributed by atoms with Crippen LogP contribution in [0.3, 0.4) is 0 Å². The monoisotopic (exact) mass is 416 g/mol. The fourth-order valence-electron chi connectivity index (χ4n) is 4.49. The van der Waals surface area contributed by atoms with E-state index in [1.807, 2.05) is 13.0 Å². The average molecular weight is 417 g/mol. The largest absolute Gasteiger partial charge is 0.507 e. The first-order chi connectivity index (χ1) is 14.8. The number of aryl methyl sites for hydroxylation is 2. The lowest BCUT2D eigenvalue weighted by molar-refractivity contribution is 0.461. The maximum absolute atomic E-state index is 10.1. The van der Waals surface area contributed by atoms with Gasteiger partial charge in [-0.1, -0.05) is 147 Å². The second kappa shape index (κ2) is 20.0. The zero-order valence-corrected chi connectivity index (χ0v) is 20.5. The van der Waals surface area contributed by atoms with Crippen LogP contribution in [0, 0.1) is 6.92 Å². The van der Waals surface area contributed by atoms with Crippen LogP contribution in [-0.4, -0.2) is 5.11 Å². The molecule has 0 aliphatic carbocycles. The van der Waals surface area contributed by atoms with Crippen molar-refractivity contribution in [2.45, 2.75) is 149 Å². The molecule has 0 saturated heterocycles. The number of phenolic OH excluding ortho intramolecular Hbond substituents is 1. The van der Waals surface area contributed by atoms with Gasteiger partial charge in [0.25, 0.3) is 0 Å². The minimum Gasteiger partial charge on any atom is -0.507 e. The van der Waals surface area contributed by atoms with Crippen LogP contribution in [0.2, 0.25) is 0 Å². The fourth-order valence-corrected chi connectivity index (χ4v) is 4.49. The SMILES string of the molecule is CCCCCCCCCCCCCCCCCCCCCCc1cccc(C)c1O. The summed E-state index contributed by atoms with van der Waals surface area (Å²) < 4.78 is 0. The molecule has 1 nitrogen and oxygen atoms in total. The second-order valence-corrected chi connectivity index (χ2v) is 9.55. The van der Waals surface area contributed by atoms with Crippen molar-refractivity contribution in [3.05, 3.63) is 29.3 Å². The van der Waals surface area contributed by atoms with Gasteiger partial charge < -0.3 is 5.11 Å². The van der Waals surface area contributed by atoms with Gasteiger partial charge in [0.2, 0.25) is 0 Å². The van der Waals surface area contributed by atoms with Crippen LogP contribution >= 0.6 is 0 Å². The third kappa shape index (κ3) is 14.9. The van der Waals surface area contributed by atoms with Crippen molar-refractivity contribution in [2.75, 3.05) is 0 Å². The summed E-state index contributed by atoms with van der Waals surface area (Å²) >= 11 is 0.